The van der Waals surface area contributed by atoms with Crippen molar-refractivity contribution in [3.8, 4) is 5.75 Å². The number of benzene rings is 2. The molecule has 2 amide bonds. The van der Waals surface area contributed by atoms with E-state index in [1.807, 2.05) is 24.3 Å². The Kier molecular flexibility index (Phi) is 7.44. The van der Waals surface area contributed by atoms with Crippen molar-refractivity contribution < 1.29 is 27.9 Å². The van der Waals surface area contributed by atoms with Crippen LogP contribution in [-0.4, -0.2) is 56.6 Å². The smallest absolute Gasteiger partial charge is 0.289 e. The normalized spacial score (nSPS) is 13.4. The van der Waals surface area contributed by atoms with Crippen LogP contribution in [-0.2, 0) is 16.1 Å². The van der Waals surface area contributed by atoms with E-state index in [2.05, 4.69) is 10.2 Å². The van der Waals surface area contributed by atoms with Crippen molar-refractivity contribution >= 4 is 23.2 Å². The van der Waals surface area contributed by atoms with E-state index in [4.69, 9.17) is 13.9 Å². The highest BCUT2D eigenvalue weighted by Gasteiger charge is 2.19. The van der Waals surface area contributed by atoms with Gasteiger partial charge in [-0.25, -0.2) is 4.39 Å². The maximum absolute atomic E-state index is 13.0. The van der Waals surface area contributed by atoms with Crippen molar-refractivity contribution in [1.82, 2.24) is 4.90 Å². The number of ether oxygens (including phenoxy) is 2. The molecule has 2 heterocycles. The number of furan rings is 1. The lowest BCUT2D eigenvalue weighted by Crippen LogP contribution is -2.36. The van der Waals surface area contributed by atoms with E-state index in [1.165, 1.54) is 42.3 Å². The minimum absolute atomic E-state index is 0.0869. The van der Waals surface area contributed by atoms with Crippen molar-refractivity contribution in [2.45, 2.75) is 6.61 Å². The molecular weight excluding hydrogens is 441 g/mol. The van der Waals surface area contributed by atoms with Crippen molar-refractivity contribution in [3.05, 3.63) is 78.0 Å². The molecule has 34 heavy (non-hydrogen) atoms. The zero-order valence-electron chi connectivity index (χ0n) is 18.8. The summed E-state index contributed by atoms with van der Waals surface area (Å²) in [7, 11) is 1.53. The Morgan fingerprint density at radius 2 is 1.74 bits per heavy atom. The molecule has 2 aromatic carbocycles. The zero-order chi connectivity index (χ0) is 23.9. The third-order valence-electron chi connectivity index (χ3n) is 5.32. The van der Waals surface area contributed by atoms with Crippen molar-refractivity contribution in [2.24, 2.45) is 0 Å². The van der Waals surface area contributed by atoms with E-state index in [1.54, 1.807) is 6.07 Å². The number of carbonyl (C=O) groups is 2. The van der Waals surface area contributed by atoms with E-state index in [0.717, 1.165) is 18.8 Å². The Bertz CT molecular complexity index is 1110. The largest absolute Gasteiger partial charge is 0.486 e. The second-order valence-corrected chi connectivity index (χ2v) is 7.86. The number of anilines is 2. The molecule has 0 atom stereocenters. The van der Waals surface area contributed by atoms with Crippen LogP contribution in [0.5, 0.6) is 5.75 Å². The van der Waals surface area contributed by atoms with Gasteiger partial charge in [0.25, 0.3) is 5.91 Å². The number of hydrogen-bond donors (Lipinski definition) is 1. The number of halogens is 1. The van der Waals surface area contributed by atoms with Crippen LogP contribution in [0.4, 0.5) is 15.8 Å². The molecule has 9 heteroatoms. The number of carbonyl (C=O) groups excluding carboxylic acids is 2. The first-order chi connectivity index (χ1) is 16.5. The molecule has 0 bridgehead atoms. The lowest BCUT2D eigenvalue weighted by Gasteiger charge is -2.28. The molecule has 1 aromatic heterocycles. The number of rotatable bonds is 8. The predicted molar refractivity (Wildman–Crippen MR) is 125 cm³/mol. The lowest BCUT2D eigenvalue weighted by molar-refractivity contribution is -0.116. The van der Waals surface area contributed by atoms with Crippen LogP contribution in [0.2, 0.25) is 0 Å². The molecule has 1 saturated heterocycles. The average molecular weight is 467 g/mol. The van der Waals surface area contributed by atoms with Gasteiger partial charge in [-0.2, -0.15) is 0 Å². The van der Waals surface area contributed by atoms with E-state index < -0.39 is 5.91 Å². The summed E-state index contributed by atoms with van der Waals surface area (Å²) in [4.78, 5) is 28.6. The van der Waals surface area contributed by atoms with Crippen molar-refractivity contribution in [1.29, 1.82) is 0 Å². The molecule has 1 aliphatic rings. The van der Waals surface area contributed by atoms with Gasteiger partial charge in [-0.15, -0.1) is 0 Å². The first kappa shape index (κ1) is 23.3. The van der Waals surface area contributed by atoms with Gasteiger partial charge in [0.05, 0.1) is 19.8 Å². The van der Waals surface area contributed by atoms with Crippen LogP contribution < -0.4 is 15.0 Å². The maximum atomic E-state index is 13.0. The monoisotopic (exact) mass is 467 g/mol. The summed E-state index contributed by atoms with van der Waals surface area (Å²) in [6, 6.07) is 16.3. The summed E-state index contributed by atoms with van der Waals surface area (Å²) < 4.78 is 29.4. The van der Waals surface area contributed by atoms with Crippen molar-refractivity contribution in [2.75, 3.05) is 50.1 Å². The minimum Gasteiger partial charge on any atom is -0.486 e. The van der Waals surface area contributed by atoms with Crippen LogP contribution in [0.1, 0.15) is 16.3 Å². The average Bonchev–Trinajstić information content (AvgIpc) is 3.33. The molecule has 0 saturated carbocycles. The molecule has 0 aliphatic carbocycles. The summed E-state index contributed by atoms with van der Waals surface area (Å²) in [5.41, 5.74) is 1.73. The van der Waals surface area contributed by atoms with Gasteiger partial charge in [0.2, 0.25) is 5.91 Å². The molecule has 178 valence electrons. The van der Waals surface area contributed by atoms with E-state index in [0.29, 0.717) is 30.4 Å². The quantitative estimate of drug-likeness (QED) is 0.546. The fourth-order valence-electron chi connectivity index (χ4n) is 3.51. The fraction of sp³-hybridized carbons (Fsp3) is 0.280. The molecule has 0 radical (unpaired) electrons. The second kappa shape index (κ2) is 10.8. The van der Waals surface area contributed by atoms with Gasteiger partial charge in [-0.1, -0.05) is 0 Å². The molecule has 0 spiro atoms. The van der Waals surface area contributed by atoms with E-state index >= 15 is 0 Å². The number of nitrogens with zero attached hydrogens (tertiary/aromatic N) is 2. The summed E-state index contributed by atoms with van der Waals surface area (Å²) in [6.45, 7) is 3.04. The number of nitrogens with one attached hydrogen (secondary N) is 1. The molecule has 4 rings (SSSR count). The van der Waals surface area contributed by atoms with E-state index in [-0.39, 0.29) is 30.6 Å². The summed E-state index contributed by atoms with van der Waals surface area (Å²) in [5.74, 6) is -0.0752. The van der Waals surface area contributed by atoms with Gasteiger partial charge in [0, 0.05) is 31.5 Å². The van der Waals surface area contributed by atoms with Crippen LogP contribution in [0, 0.1) is 5.82 Å². The Balaban J connectivity index is 1.26. The first-order valence-electron chi connectivity index (χ1n) is 10.9. The Morgan fingerprint density at radius 3 is 2.44 bits per heavy atom. The fourth-order valence-corrected chi connectivity index (χ4v) is 3.51. The molecular formula is C25H26FN3O5. The minimum atomic E-state index is -0.425. The SMILES string of the molecule is CN(CC(=O)Nc1ccc(N2CCOCC2)cc1)C(=O)c1ccc(COc2ccc(F)cc2)o1. The predicted octanol–water partition coefficient (Wildman–Crippen LogP) is 3.55. The van der Waals surface area contributed by atoms with Crippen LogP contribution in [0.3, 0.4) is 0 Å². The van der Waals surface area contributed by atoms with Crippen LogP contribution >= 0.6 is 0 Å². The summed E-state index contributed by atoms with van der Waals surface area (Å²) >= 11 is 0. The Labute approximate surface area is 196 Å². The third kappa shape index (κ3) is 6.14. The van der Waals surface area contributed by atoms with Crippen LogP contribution in [0.25, 0.3) is 0 Å². The molecule has 1 aliphatic heterocycles. The zero-order valence-corrected chi connectivity index (χ0v) is 18.8. The van der Waals surface area contributed by atoms with Crippen LogP contribution in [0.15, 0.2) is 65.1 Å². The highest BCUT2D eigenvalue weighted by molar-refractivity contribution is 5.98. The Morgan fingerprint density at radius 1 is 1.03 bits per heavy atom. The highest BCUT2D eigenvalue weighted by atomic mass is 19.1. The van der Waals surface area contributed by atoms with E-state index in [9.17, 15) is 14.0 Å². The van der Waals surface area contributed by atoms with Gasteiger partial charge in [-0.05, 0) is 60.7 Å². The second-order valence-electron chi connectivity index (χ2n) is 7.86. The first-order valence-corrected chi connectivity index (χ1v) is 10.9. The lowest BCUT2D eigenvalue weighted by atomic mass is 10.2. The van der Waals surface area contributed by atoms with Gasteiger partial charge in [-0.3, -0.25) is 9.59 Å². The standard InChI is InChI=1S/C25H26FN3O5/c1-28(16-24(30)27-19-4-6-20(7-5-19)29-12-14-32-15-13-29)25(31)23-11-10-22(34-23)17-33-21-8-2-18(26)3-9-21/h2-11H,12-17H2,1H3,(H,27,30). The summed E-state index contributed by atoms with van der Waals surface area (Å²) in [5, 5.41) is 2.80. The molecule has 0 unspecified atom stereocenters. The van der Waals surface area contributed by atoms with Gasteiger partial charge in [0.15, 0.2) is 5.76 Å². The number of hydrogen-bond acceptors (Lipinski definition) is 6. The summed E-state index contributed by atoms with van der Waals surface area (Å²) in [6.07, 6.45) is 0. The number of morpholine rings is 1. The van der Waals surface area contributed by atoms with Gasteiger partial charge >= 0.3 is 0 Å². The highest BCUT2D eigenvalue weighted by Crippen LogP contribution is 2.19. The molecule has 8 nitrogen and oxygen atoms in total. The van der Waals surface area contributed by atoms with Crippen molar-refractivity contribution in [3.63, 3.8) is 0 Å². The molecule has 3 aromatic rings. The number of amides is 2. The van der Waals surface area contributed by atoms with Gasteiger partial charge < -0.3 is 29.0 Å². The Hall–Kier alpha value is -3.85. The molecule has 1 N–H and O–H groups in total. The topological polar surface area (TPSA) is 84.2 Å². The maximum Gasteiger partial charge on any atom is 0.289 e. The molecule has 1 fully saturated rings. The third-order valence-corrected chi connectivity index (χ3v) is 5.32. The van der Waals surface area contributed by atoms with Gasteiger partial charge in [0.1, 0.15) is 23.9 Å². The number of likely N-dealkylation sites (N-methyl/N-ethyl adjacent to an activating group) is 1.